The molecular formula is C17H13F2NO4. The van der Waals surface area contributed by atoms with Crippen molar-refractivity contribution in [1.29, 1.82) is 5.26 Å². The van der Waals surface area contributed by atoms with Crippen molar-refractivity contribution >= 4 is 5.97 Å². The molecule has 0 spiro atoms. The maximum atomic E-state index is 12.3. The average Bonchev–Trinajstić information content (AvgIpc) is 2.59. The van der Waals surface area contributed by atoms with E-state index in [1.165, 1.54) is 25.3 Å². The fourth-order valence-electron chi connectivity index (χ4n) is 1.97. The van der Waals surface area contributed by atoms with E-state index in [4.69, 9.17) is 14.7 Å². The van der Waals surface area contributed by atoms with Crippen molar-refractivity contribution < 1.29 is 27.8 Å². The quantitative estimate of drug-likeness (QED) is 0.757. The van der Waals surface area contributed by atoms with Crippen LogP contribution in [0.25, 0.3) is 0 Å². The number of rotatable bonds is 6. The number of carbonyl (C=O) groups excluding carboxylic acids is 1. The van der Waals surface area contributed by atoms with Crippen molar-refractivity contribution in [2.75, 3.05) is 7.11 Å². The SMILES string of the molecule is COc1cc(C(=O)OCc2ccccc2C#N)ccc1OC(F)F. The van der Waals surface area contributed by atoms with Gasteiger partial charge in [0.05, 0.1) is 24.3 Å². The van der Waals surface area contributed by atoms with Gasteiger partial charge in [-0.2, -0.15) is 14.0 Å². The molecule has 124 valence electrons. The molecule has 2 rings (SSSR count). The number of esters is 1. The van der Waals surface area contributed by atoms with Gasteiger partial charge in [-0.25, -0.2) is 4.79 Å². The van der Waals surface area contributed by atoms with Crippen molar-refractivity contribution in [3.8, 4) is 17.6 Å². The van der Waals surface area contributed by atoms with E-state index in [-0.39, 0.29) is 23.7 Å². The van der Waals surface area contributed by atoms with Crippen LogP contribution in [0.4, 0.5) is 8.78 Å². The summed E-state index contributed by atoms with van der Waals surface area (Å²) in [5.74, 6) is -0.870. The van der Waals surface area contributed by atoms with Gasteiger partial charge >= 0.3 is 12.6 Å². The molecule has 0 atom stereocenters. The number of hydrogen-bond donors (Lipinski definition) is 0. The third-order valence-electron chi connectivity index (χ3n) is 3.11. The molecule has 0 saturated carbocycles. The summed E-state index contributed by atoms with van der Waals surface area (Å²) in [4.78, 5) is 12.1. The van der Waals surface area contributed by atoms with Crippen LogP contribution in [0, 0.1) is 11.3 Å². The smallest absolute Gasteiger partial charge is 0.387 e. The number of nitrogens with zero attached hydrogens (tertiary/aromatic N) is 1. The van der Waals surface area contributed by atoms with E-state index < -0.39 is 12.6 Å². The second kappa shape index (κ2) is 7.92. The van der Waals surface area contributed by atoms with Gasteiger partial charge in [-0.05, 0) is 24.3 Å². The van der Waals surface area contributed by atoms with Gasteiger partial charge in [-0.1, -0.05) is 18.2 Å². The van der Waals surface area contributed by atoms with Crippen molar-refractivity contribution in [3.63, 3.8) is 0 Å². The number of nitriles is 1. The van der Waals surface area contributed by atoms with Crippen molar-refractivity contribution in [3.05, 3.63) is 59.2 Å². The Bertz CT molecular complexity index is 771. The largest absolute Gasteiger partial charge is 0.493 e. The van der Waals surface area contributed by atoms with E-state index in [2.05, 4.69) is 4.74 Å². The summed E-state index contributed by atoms with van der Waals surface area (Å²) in [5, 5.41) is 8.99. The number of carbonyl (C=O) groups is 1. The molecule has 0 aromatic heterocycles. The van der Waals surface area contributed by atoms with Gasteiger partial charge in [0.25, 0.3) is 0 Å². The Hall–Kier alpha value is -3.14. The highest BCUT2D eigenvalue weighted by molar-refractivity contribution is 5.90. The first-order valence-corrected chi connectivity index (χ1v) is 6.83. The molecule has 5 nitrogen and oxygen atoms in total. The standard InChI is InChI=1S/C17H13F2NO4/c1-22-15-8-11(6-7-14(15)24-17(18)19)16(21)23-10-13-5-3-2-4-12(13)9-20/h2-8,17H,10H2,1H3. The van der Waals surface area contributed by atoms with Crippen LogP contribution in [0.15, 0.2) is 42.5 Å². The Labute approximate surface area is 137 Å². The topological polar surface area (TPSA) is 68.5 Å². The summed E-state index contributed by atoms with van der Waals surface area (Å²) in [5.41, 5.74) is 1.09. The van der Waals surface area contributed by atoms with E-state index in [9.17, 15) is 13.6 Å². The lowest BCUT2D eigenvalue weighted by Gasteiger charge is -2.11. The molecule has 0 aliphatic carbocycles. The summed E-state index contributed by atoms with van der Waals surface area (Å²) in [6, 6.07) is 12.5. The lowest BCUT2D eigenvalue weighted by atomic mass is 10.1. The molecule has 0 heterocycles. The predicted octanol–water partition coefficient (Wildman–Crippen LogP) is 3.53. The average molecular weight is 333 g/mol. The Morgan fingerprint density at radius 3 is 2.62 bits per heavy atom. The minimum Gasteiger partial charge on any atom is -0.493 e. The highest BCUT2D eigenvalue weighted by Gasteiger charge is 2.15. The summed E-state index contributed by atoms with van der Waals surface area (Å²) in [7, 11) is 1.27. The monoisotopic (exact) mass is 333 g/mol. The Kier molecular flexibility index (Phi) is 5.68. The molecule has 2 aromatic rings. The van der Waals surface area contributed by atoms with Crippen molar-refractivity contribution in [1.82, 2.24) is 0 Å². The minimum absolute atomic E-state index is 0.0119. The summed E-state index contributed by atoms with van der Waals surface area (Å²) in [6.45, 7) is -3.08. The molecule has 0 saturated heterocycles. The third-order valence-corrected chi connectivity index (χ3v) is 3.11. The zero-order valence-corrected chi connectivity index (χ0v) is 12.7. The van der Waals surface area contributed by atoms with Crippen molar-refractivity contribution in [2.45, 2.75) is 13.2 Å². The van der Waals surface area contributed by atoms with Gasteiger partial charge in [-0.15, -0.1) is 0 Å². The number of ether oxygens (including phenoxy) is 3. The van der Waals surface area contributed by atoms with Crippen LogP contribution in [-0.4, -0.2) is 19.7 Å². The van der Waals surface area contributed by atoms with Crippen LogP contribution in [0.3, 0.4) is 0 Å². The predicted molar refractivity (Wildman–Crippen MR) is 79.9 cm³/mol. The van der Waals surface area contributed by atoms with Gasteiger partial charge in [0.1, 0.15) is 6.61 Å². The van der Waals surface area contributed by atoms with E-state index >= 15 is 0 Å². The molecule has 24 heavy (non-hydrogen) atoms. The zero-order chi connectivity index (χ0) is 17.5. The highest BCUT2D eigenvalue weighted by Crippen LogP contribution is 2.29. The second-order valence-corrected chi connectivity index (χ2v) is 4.59. The van der Waals surface area contributed by atoms with Crippen LogP contribution in [0.1, 0.15) is 21.5 Å². The lowest BCUT2D eigenvalue weighted by molar-refractivity contribution is -0.0512. The van der Waals surface area contributed by atoms with E-state index in [1.54, 1.807) is 24.3 Å². The highest BCUT2D eigenvalue weighted by atomic mass is 19.3. The van der Waals surface area contributed by atoms with Gasteiger partial charge in [0.2, 0.25) is 0 Å². The molecule has 0 fully saturated rings. The zero-order valence-electron chi connectivity index (χ0n) is 12.7. The Morgan fingerprint density at radius 1 is 1.21 bits per heavy atom. The van der Waals surface area contributed by atoms with Gasteiger partial charge in [-0.3, -0.25) is 0 Å². The first-order chi connectivity index (χ1) is 11.5. The summed E-state index contributed by atoms with van der Waals surface area (Å²) < 4.78 is 38.9. The fourth-order valence-corrected chi connectivity index (χ4v) is 1.97. The maximum absolute atomic E-state index is 12.3. The van der Waals surface area contributed by atoms with Crippen molar-refractivity contribution in [2.24, 2.45) is 0 Å². The molecular weight excluding hydrogens is 320 g/mol. The van der Waals surface area contributed by atoms with E-state index in [0.29, 0.717) is 11.1 Å². The number of methoxy groups -OCH3 is 1. The van der Waals surface area contributed by atoms with Crippen LogP contribution >= 0.6 is 0 Å². The molecule has 0 aliphatic rings. The number of alkyl halides is 2. The molecule has 0 bridgehead atoms. The summed E-state index contributed by atoms with van der Waals surface area (Å²) >= 11 is 0. The maximum Gasteiger partial charge on any atom is 0.387 e. The lowest BCUT2D eigenvalue weighted by Crippen LogP contribution is -2.08. The van der Waals surface area contributed by atoms with Crippen LogP contribution in [0.2, 0.25) is 0 Å². The van der Waals surface area contributed by atoms with Crippen LogP contribution in [-0.2, 0) is 11.3 Å². The summed E-state index contributed by atoms with van der Waals surface area (Å²) in [6.07, 6.45) is 0. The molecule has 7 heteroatoms. The van der Waals surface area contributed by atoms with Gasteiger partial charge < -0.3 is 14.2 Å². The van der Waals surface area contributed by atoms with Crippen LogP contribution < -0.4 is 9.47 Å². The second-order valence-electron chi connectivity index (χ2n) is 4.59. The van der Waals surface area contributed by atoms with E-state index in [0.717, 1.165) is 0 Å². The van der Waals surface area contributed by atoms with E-state index in [1.807, 2.05) is 6.07 Å². The number of hydrogen-bond acceptors (Lipinski definition) is 5. The normalized spacial score (nSPS) is 10.1. The number of benzene rings is 2. The Balaban J connectivity index is 2.11. The van der Waals surface area contributed by atoms with Gasteiger partial charge in [0.15, 0.2) is 11.5 Å². The van der Waals surface area contributed by atoms with Gasteiger partial charge in [0, 0.05) is 5.56 Å². The molecule has 0 radical (unpaired) electrons. The molecule has 2 aromatic carbocycles. The molecule has 0 amide bonds. The minimum atomic E-state index is -3.00. The molecule has 0 aliphatic heterocycles. The molecule has 0 unspecified atom stereocenters. The fraction of sp³-hybridized carbons (Fsp3) is 0.176. The Morgan fingerprint density at radius 2 is 1.96 bits per heavy atom. The first-order valence-electron chi connectivity index (χ1n) is 6.83. The first kappa shape index (κ1) is 17.2. The van der Waals surface area contributed by atoms with Crippen LogP contribution in [0.5, 0.6) is 11.5 Å². The molecule has 0 N–H and O–H groups in total. The third kappa shape index (κ3) is 4.20. The number of halogens is 2.